The number of hydrogen-bond donors (Lipinski definition) is 1. The minimum absolute atomic E-state index is 0.0690. The van der Waals surface area contributed by atoms with Gasteiger partial charge in [-0.2, -0.15) is 13.2 Å². The molecular formula is C23H23F3N4O3. The number of ether oxygens (including phenoxy) is 1. The number of nitrogens with one attached hydrogen (secondary N) is 1. The molecule has 4 rings (SSSR count). The van der Waals surface area contributed by atoms with Gasteiger partial charge in [-0.15, -0.1) is 5.10 Å². The Morgan fingerprint density at radius 1 is 1.18 bits per heavy atom. The van der Waals surface area contributed by atoms with Crippen molar-refractivity contribution in [2.75, 3.05) is 13.7 Å². The summed E-state index contributed by atoms with van der Waals surface area (Å²) in [4.78, 5) is 25.1. The molecule has 0 radical (unpaired) electrons. The first-order chi connectivity index (χ1) is 15.8. The van der Waals surface area contributed by atoms with Crippen LogP contribution >= 0.6 is 0 Å². The van der Waals surface area contributed by atoms with Crippen molar-refractivity contribution in [3.8, 4) is 17.1 Å². The van der Waals surface area contributed by atoms with E-state index in [1.54, 1.807) is 31.4 Å². The highest BCUT2D eigenvalue weighted by molar-refractivity contribution is 5.78. The zero-order chi connectivity index (χ0) is 23.6. The van der Waals surface area contributed by atoms with Crippen LogP contribution in [0.4, 0.5) is 13.2 Å². The SMILES string of the molecule is COc1ccc(CC(=O)NCCn2nc(-c3cccc(C(F)(F)F)c3)n(C3CC3)c2=O)cc1. The standard InChI is InChI=1S/C23H23F3N4O3/c1-33-19-9-5-15(6-10-19)13-20(31)27-11-12-29-22(32)30(18-7-8-18)21(28-29)16-3-2-4-17(14-16)23(24,25)26/h2-6,9-10,14,18H,7-8,11-13H2,1H3,(H,27,31). The summed E-state index contributed by atoms with van der Waals surface area (Å²) in [5.41, 5.74) is -0.143. The summed E-state index contributed by atoms with van der Waals surface area (Å²) in [7, 11) is 1.56. The van der Waals surface area contributed by atoms with Gasteiger partial charge in [-0.3, -0.25) is 9.36 Å². The molecule has 1 saturated carbocycles. The summed E-state index contributed by atoms with van der Waals surface area (Å²) < 4.78 is 47.1. The van der Waals surface area contributed by atoms with Gasteiger partial charge in [0.2, 0.25) is 5.91 Å². The summed E-state index contributed by atoms with van der Waals surface area (Å²) in [5, 5.41) is 7.05. The number of rotatable bonds is 8. The molecule has 1 aliphatic carbocycles. The van der Waals surface area contributed by atoms with Crippen molar-refractivity contribution < 1.29 is 22.7 Å². The molecule has 1 N–H and O–H groups in total. The van der Waals surface area contributed by atoms with Crippen LogP contribution in [0.25, 0.3) is 11.4 Å². The lowest BCUT2D eigenvalue weighted by Gasteiger charge is -2.09. The normalized spacial score (nSPS) is 13.7. The highest BCUT2D eigenvalue weighted by atomic mass is 19.4. The van der Waals surface area contributed by atoms with Gasteiger partial charge in [-0.25, -0.2) is 9.48 Å². The van der Waals surface area contributed by atoms with Crippen LogP contribution < -0.4 is 15.7 Å². The lowest BCUT2D eigenvalue weighted by atomic mass is 10.1. The molecule has 1 amide bonds. The van der Waals surface area contributed by atoms with Crippen LogP contribution in [0.1, 0.15) is 30.0 Å². The summed E-state index contributed by atoms with van der Waals surface area (Å²) in [5.74, 6) is 0.687. The Labute approximate surface area is 187 Å². The van der Waals surface area contributed by atoms with E-state index in [4.69, 9.17) is 4.74 Å². The third kappa shape index (κ3) is 5.27. The average molecular weight is 460 g/mol. The first kappa shape index (κ1) is 22.6. The number of amides is 1. The van der Waals surface area contributed by atoms with Gasteiger partial charge in [0.05, 0.1) is 25.6 Å². The van der Waals surface area contributed by atoms with Crippen molar-refractivity contribution in [2.24, 2.45) is 0 Å². The van der Waals surface area contributed by atoms with Crippen LogP contribution in [-0.4, -0.2) is 33.9 Å². The van der Waals surface area contributed by atoms with Gasteiger partial charge in [0.15, 0.2) is 5.82 Å². The molecule has 3 aromatic rings. The second-order valence-corrected chi connectivity index (χ2v) is 7.88. The maximum atomic E-state index is 13.1. The molecule has 0 saturated heterocycles. The number of methoxy groups -OCH3 is 1. The Morgan fingerprint density at radius 2 is 1.91 bits per heavy atom. The largest absolute Gasteiger partial charge is 0.497 e. The van der Waals surface area contributed by atoms with E-state index < -0.39 is 17.4 Å². The number of nitrogens with zero attached hydrogens (tertiary/aromatic N) is 3. The van der Waals surface area contributed by atoms with E-state index in [0.717, 1.165) is 30.5 Å². The van der Waals surface area contributed by atoms with Gasteiger partial charge in [0.25, 0.3) is 0 Å². The predicted molar refractivity (Wildman–Crippen MR) is 115 cm³/mol. The summed E-state index contributed by atoms with van der Waals surface area (Å²) >= 11 is 0. The first-order valence-electron chi connectivity index (χ1n) is 10.5. The van der Waals surface area contributed by atoms with Crippen molar-refractivity contribution in [3.63, 3.8) is 0 Å². The van der Waals surface area contributed by atoms with Crippen LogP contribution in [0, 0.1) is 0 Å². The van der Waals surface area contributed by atoms with Gasteiger partial charge in [-0.1, -0.05) is 24.3 Å². The molecule has 0 aliphatic heterocycles. The summed E-state index contributed by atoms with van der Waals surface area (Å²) in [6.07, 6.45) is -2.77. The molecule has 0 atom stereocenters. The molecule has 1 fully saturated rings. The molecule has 10 heteroatoms. The highest BCUT2D eigenvalue weighted by Crippen LogP contribution is 2.37. The molecular weight excluding hydrogens is 437 g/mol. The molecule has 1 aliphatic rings. The maximum Gasteiger partial charge on any atom is 0.416 e. The first-order valence-corrected chi connectivity index (χ1v) is 10.5. The number of hydrogen-bond acceptors (Lipinski definition) is 4. The lowest BCUT2D eigenvalue weighted by molar-refractivity contribution is -0.137. The zero-order valence-electron chi connectivity index (χ0n) is 17.9. The number of carbonyl (C=O) groups is 1. The Hall–Kier alpha value is -3.56. The fourth-order valence-electron chi connectivity index (χ4n) is 3.55. The van der Waals surface area contributed by atoms with Crippen molar-refractivity contribution >= 4 is 5.91 Å². The van der Waals surface area contributed by atoms with Crippen LogP contribution in [0.3, 0.4) is 0 Å². The van der Waals surface area contributed by atoms with Crippen LogP contribution in [0.5, 0.6) is 5.75 Å². The van der Waals surface area contributed by atoms with Crippen molar-refractivity contribution in [3.05, 3.63) is 70.1 Å². The van der Waals surface area contributed by atoms with Gasteiger partial charge >= 0.3 is 11.9 Å². The second-order valence-electron chi connectivity index (χ2n) is 7.88. The molecule has 1 aromatic heterocycles. The van der Waals surface area contributed by atoms with Gasteiger partial charge < -0.3 is 10.1 Å². The number of alkyl halides is 3. The third-order valence-corrected chi connectivity index (χ3v) is 5.40. The van der Waals surface area contributed by atoms with Crippen LogP contribution in [0.2, 0.25) is 0 Å². The van der Waals surface area contributed by atoms with E-state index in [0.29, 0.717) is 5.75 Å². The molecule has 0 bridgehead atoms. The monoisotopic (exact) mass is 460 g/mol. The Bertz CT molecular complexity index is 1190. The molecule has 2 aromatic carbocycles. The topological polar surface area (TPSA) is 78.2 Å². The predicted octanol–water partition coefficient (Wildman–Crippen LogP) is 3.43. The fraction of sp³-hybridized carbons (Fsp3) is 0.348. The highest BCUT2D eigenvalue weighted by Gasteiger charge is 2.33. The average Bonchev–Trinajstić information content (AvgIpc) is 3.57. The third-order valence-electron chi connectivity index (χ3n) is 5.40. The van der Waals surface area contributed by atoms with E-state index in [9.17, 15) is 22.8 Å². The zero-order valence-corrected chi connectivity index (χ0v) is 17.9. The Balaban J connectivity index is 1.46. The van der Waals surface area contributed by atoms with Crippen LogP contribution in [0.15, 0.2) is 53.3 Å². The molecule has 1 heterocycles. The number of carbonyl (C=O) groups excluding carboxylic acids is 1. The molecule has 0 spiro atoms. The summed E-state index contributed by atoms with van der Waals surface area (Å²) in [6.45, 7) is 0.275. The molecule has 0 unspecified atom stereocenters. The number of aromatic nitrogens is 3. The lowest BCUT2D eigenvalue weighted by Crippen LogP contribution is -2.32. The second kappa shape index (κ2) is 9.13. The van der Waals surface area contributed by atoms with E-state index in [1.807, 2.05) is 0 Å². The van der Waals surface area contributed by atoms with E-state index in [1.165, 1.54) is 21.4 Å². The van der Waals surface area contributed by atoms with Gasteiger partial charge in [0.1, 0.15) is 5.75 Å². The van der Waals surface area contributed by atoms with Crippen LogP contribution in [-0.2, 0) is 23.9 Å². The molecule has 174 valence electrons. The quantitative estimate of drug-likeness (QED) is 0.559. The molecule has 7 nitrogen and oxygen atoms in total. The minimum Gasteiger partial charge on any atom is -0.497 e. The van der Waals surface area contributed by atoms with Gasteiger partial charge in [0, 0.05) is 18.2 Å². The van der Waals surface area contributed by atoms with E-state index in [2.05, 4.69) is 10.4 Å². The van der Waals surface area contributed by atoms with E-state index in [-0.39, 0.29) is 42.8 Å². The van der Waals surface area contributed by atoms with E-state index >= 15 is 0 Å². The fourth-order valence-corrected chi connectivity index (χ4v) is 3.55. The van der Waals surface area contributed by atoms with Crippen molar-refractivity contribution in [1.82, 2.24) is 19.7 Å². The Kier molecular flexibility index (Phi) is 6.26. The number of halogens is 3. The molecule has 33 heavy (non-hydrogen) atoms. The maximum absolute atomic E-state index is 13.1. The van der Waals surface area contributed by atoms with Gasteiger partial charge in [-0.05, 0) is 42.7 Å². The summed E-state index contributed by atoms with van der Waals surface area (Å²) in [6, 6.07) is 11.8. The smallest absolute Gasteiger partial charge is 0.416 e. The Morgan fingerprint density at radius 3 is 2.55 bits per heavy atom. The van der Waals surface area contributed by atoms with Crippen molar-refractivity contribution in [2.45, 2.75) is 38.0 Å². The minimum atomic E-state index is -4.49. The van der Waals surface area contributed by atoms with Crippen molar-refractivity contribution in [1.29, 1.82) is 0 Å². The number of benzene rings is 2.